The van der Waals surface area contributed by atoms with Crippen LogP contribution in [-0.4, -0.2) is 19.1 Å². The molecule has 0 spiro atoms. The van der Waals surface area contributed by atoms with Crippen LogP contribution in [-0.2, 0) is 4.79 Å². The highest BCUT2D eigenvalue weighted by Crippen LogP contribution is 2.23. The Labute approximate surface area is 166 Å². The maximum absolute atomic E-state index is 12.6. The monoisotopic (exact) mass is 375 g/mol. The van der Waals surface area contributed by atoms with Gasteiger partial charge in [0.15, 0.2) is 6.54 Å². The van der Waals surface area contributed by atoms with Gasteiger partial charge in [0.05, 0.1) is 12.3 Å². The number of hydrogen-bond donors (Lipinski definition) is 2. The molecule has 1 atom stereocenters. The lowest BCUT2D eigenvalue weighted by Gasteiger charge is -2.17. The van der Waals surface area contributed by atoms with E-state index in [1.165, 1.54) is 16.7 Å². The number of amides is 1. The fraction of sp³-hybridized carbons (Fsp3) is 0.208. The molecule has 0 bridgehead atoms. The number of para-hydroxylation sites is 2. The number of ether oxygens (including phenoxy) is 1. The molecule has 0 aliphatic rings. The molecule has 0 saturated carbocycles. The average molecular weight is 375 g/mol. The van der Waals surface area contributed by atoms with E-state index in [1.54, 1.807) is 0 Å². The number of aryl methyl sites for hydroxylation is 1. The number of hydrogen-bond acceptors (Lipinski definition) is 2. The van der Waals surface area contributed by atoms with Gasteiger partial charge in [-0.15, -0.1) is 0 Å². The Morgan fingerprint density at radius 1 is 0.929 bits per heavy atom. The summed E-state index contributed by atoms with van der Waals surface area (Å²) in [6, 6.07) is 26.3. The molecule has 0 saturated heterocycles. The Kier molecular flexibility index (Phi) is 6.82. The number of benzene rings is 3. The lowest BCUT2D eigenvalue weighted by molar-refractivity contribution is -0.676. The van der Waals surface area contributed by atoms with E-state index in [2.05, 4.69) is 54.0 Å². The van der Waals surface area contributed by atoms with Gasteiger partial charge in [-0.05, 0) is 26.0 Å². The van der Waals surface area contributed by atoms with E-state index in [1.807, 2.05) is 49.4 Å². The highest BCUT2D eigenvalue weighted by atomic mass is 16.5. The topological polar surface area (TPSA) is 54.9 Å². The lowest BCUT2D eigenvalue weighted by atomic mass is 9.98. The molecule has 0 aliphatic heterocycles. The fourth-order valence-electron chi connectivity index (χ4n) is 3.18. The molecule has 0 aromatic heterocycles. The summed E-state index contributed by atoms with van der Waals surface area (Å²) in [5.41, 5.74) is 4.28. The van der Waals surface area contributed by atoms with Crippen molar-refractivity contribution in [1.82, 2.24) is 0 Å². The molecule has 4 heteroatoms. The Bertz CT molecular complexity index is 892. The number of quaternary nitrogens is 1. The molecule has 3 rings (SSSR count). The van der Waals surface area contributed by atoms with E-state index in [4.69, 9.17) is 4.74 Å². The summed E-state index contributed by atoms with van der Waals surface area (Å²) in [5, 5.41) is 5.04. The van der Waals surface area contributed by atoms with Crippen LogP contribution >= 0.6 is 0 Å². The largest absolute Gasteiger partial charge is 0.492 e. The average Bonchev–Trinajstić information content (AvgIpc) is 2.72. The van der Waals surface area contributed by atoms with Gasteiger partial charge in [-0.3, -0.25) is 4.79 Å². The van der Waals surface area contributed by atoms with Gasteiger partial charge >= 0.3 is 0 Å². The normalized spacial score (nSPS) is 11.6. The molecule has 1 amide bonds. The van der Waals surface area contributed by atoms with Gasteiger partial charge in [0.2, 0.25) is 0 Å². The van der Waals surface area contributed by atoms with Crippen molar-refractivity contribution in [1.29, 1.82) is 0 Å². The summed E-state index contributed by atoms with van der Waals surface area (Å²) in [6.45, 7) is 4.88. The second-order valence-electron chi connectivity index (χ2n) is 6.72. The zero-order valence-electron chi connectivity index (χ0n) is 16.4. The van der Waals surface area contributed by atoms with Crippen LogP contribution < -0.4 is 15.4 Å². The minimum absolute atomic E-state index is 0.0554. The number of rotatable bonds is 8. The van der Waals surface area contributed by atoms with Crippen molar-refractivity contribution < 1.29 is 14.8 Å². The Morgan fingerprint density at radius 3 is 2.29 bits per heavy atom. The van der Waals surface area contributed by atoms with Gasteiger partial charge in [-0.25, -0.2) is 0 Å². The van der Waals surface area contributed by atoms with E-state index in [0.717, 1.165) is 0 Å². The smallest absolute Gasteiger partial charge is 0.279 e. The summed E-state index contributed by atoms with van der Waals surface area (Å²) in [7, 11) is 0. The van der Waals surface area contributed by atoms with E-state index in [0.29, 0.717) is 24.6 Å². The molecule has 0 heterocycles. The second-order valence-corrected chi connectivity index (χ2v) is 6.72. The van der Waals surface area contributed by atoms with Crippen LogP contribution in [0.25, 0.3) is 0 Å². The minimum Gasteiger partial charge on any atom is -0.492 e. The summed E-state index contributed by atoms with van der Waals surface area (Å²) in [6.07, 6.45) is 0. The standard InChI is InChI=1S/C24H26N2O2/c1-3-28-22-12-8-7-11-21(22)26-23(27)17-25-24(19-9-5-4-6-10-19)20-15-13-18(2)14-16-20/h4-16,24-25H,3,17H2,1-2H3,(H,26,27)/p+1/t24-/m1/s1. The number of anilines is 1. The van der Waals surface area contributed by atoms with Gasteiger partial charge in [0.1, 0.15) is 11.8 Å². The van der Waals surface area contributed by atoms with E-state index in [9.17, 15) is 4.79 Å². The van der Waals surface area contributed by atoms with Crippen molar-refractivity contribution >= 4 is 11.6 Å². The molecule has 0 unspecified atom stereocenters. The van der Waals surface area contributed by atoms with Crippen LogP contribution in [0.4, 0.5) is 5.69 Å². The van der Waals surface area contributed by atoms with Gasteiger partial charge in [-0.2, -0.15) is 0 Å². The quantitative estimate of drug-likeness (QED) is 0.631. The van der Waals surface area contributed by atoms with Gasteiger partial charge in [0.25, 0.3) is 5.91 Å². The number of nitrogens with two attached hydrogens (primary N) is 1. The van der Waals surface area contributed by atoms with Crippen LogP contribution in [0.3, 0.4) is 0 Å². The summed E-state index contributed by atoms with van der Waals surface area (Å²) in [5.74, 6) is 0.636. The lowest BCUT2D eigenvalue weighted by Crippen LogP contribution is -2.87. The van der Waals surface area contributed by atoms with E-state index >= 15 is 0 Å². The Hall–Kier alpha value is -3.11. The maximum Gasteiger partial charge on any atom is 0.279 e. The third kappa shape index (κ3) is 5.21. The molecular weight excluding hydrogens is 348 g/mol. The summed E-state index contributed by atoms with van der Waals surface area (Å²) >= 11 is 0. The van der Waals surface area contributed by atoms with E-state index < -0.39 is 0 Å². The van der Waals surface area contributed by atoms with Gasteiger partial charge < -0.3 is 15.4 Å². The Balaban J connectivity index is 1.72. The highest BCUT2D eigenvalue weighted by molar-refractivity contribution is 5.92. The molecule has 0 aliphatic carbocycles. The molecule has 3 N–H and O–H groups in total. The van der Waals surface area contributed by atoms with Crippen molar-refractivity contribution in [2.24, 2.45) is 0 Å². The zero-order valence-corrected chi connectivity index (χ0v) is 16.4. The molecule has 4 nitrogen and oxygen atoms in total. The zero-order chi connectivity index (χ0) is 19.8. The van der Waals surface area contributed by atoms with Crippen LogP contribution in [0.15, 0.2) is 78.9 Å². The third-order valence-corrected chi connectivity index (χ3v) is 4.60. The summed E-state index contributed by atoms with van der Waals surface area (Å²) < 4.78 is 5.59. The first-order valence-corrected chi connectivity index (χ1v) is 9.64. The van der Waals surface area contributed by atoms with Crippen LogP contribution in [0.5, 0.6) is 5.75 Å². The molecule has 0 radical (unpaired) electrons. The molecule has 3 aromatic rings. The predicted octanol–water partition coefficient (Wildman–Crippen LogP) is 3.69. The van der Waals surface area contributed by atoms with Crippen molar-refractivity contribution in [3.63, 3.8) is 0 Å². The second kappa shape index (κ2) is 9.72. The van der Waals surface area contributed by atoms with Crippen LogP contribution in [0.2, 0.25) is 0 Å². The van der Waals surface area contributed by atoms with Crippen molar-refractivity contribution in [2.45, 2.75) is 19.9 Å². The summed E-state index contributed by atoms with van der Waals surface area (Å²) in [4.78, 5) is 12.6. The van der Waals surface area contributed by atoms with Crippen LogP contribution in [0, 0.1) is 6.92 Å². The van der Waals surface area contributed by atoms with Crippen molar-refractivity contribution in [3.05, 3.63) is 95.6 Å². The SMILES string of the molecule is CCOc1ccccc1NC(=O)C[NH2+][C@H](c1ccccc1)c1ccc(C)cc1. The molecule has 3 aromatic carbocycles. The van der Waals surface area contributed by atoms with E-state index in [-0.39, 0.29) is 11.9 Å². The predicted molar refractivity (Wildman–Crippen MR) is 112 cm³/mol. The fourth-order valence-corrected chi connectivity index (χ4v) is 3.18. The maximum atomic E-state index is 12.6. The van der Waals surface area contributed by atoms with Crippen molar-refractivity contribution in [3.8, 4) is 5.75 Å². The molecule has 28 heavy (non-hydrogen) atoms. The first-order valence-electron chi connectivity index (χ1n) is 9.64. The number of nitrogens with one attached hydrogen (secondary N) is 1. The highest BCUT2D eigenvalue weighted by Gasteiger charge is 2.19. The van der Waals surface area contributed by atoms with Gasteiger partial charge in [0, 0.05) is 11.1 Å². The van der Waals surface area contributed by atoms with Gasteiger partial charge in [-0.1, -0.05) is 72.3 Å². The molecule has 0 fully saturated rings. The minimum atomic E-state index is -0.0554. The van der Waals surface area contributed by atoms with Crippen LogP contribution in [0.1, 0.15) is 29.7 Å². The van der Waals surface area contributed by atoms with Crippen molar-refractivity contribution in [2.75, 3.05) is 18.5 Å². The Morgan fingerprint density at radius 2 is 1.57 bits per heavy atom. The molecular formula is C24H27N2O2+. The first-order chi connectivity index (χ1) is 13.7. The number of carbonyl (C=O) groups is 1. The molecule has 144 valence electrons. The number of carbonyl (C=O) groups excluding carboxylic acids is 1. The third-order valence-electron chi connectivity index (χ3n) is 4.60. The first kappa shape index (κ1) is 19.6.